The van der Waals surface area contributed by atoms with Gasteiger partial charge < -0.3 is 10.1 Å². The van der Waals surface area contributed by atoms with Gasteiger partial charge in [-0.1, -0.05) is 6.07 Å². The van der Waals surface area contributed by atoms with Crippen molar-refractivity contribution < 1.29 is 4.74 Å². The number of hydrogen-bond donors (Lipinski definition) is 1. The summed E-state index contributed by atoms with van der Waals surface area (Å²) in [5, 5.41) is 7.72. The maximum atomic E-state index is 5.21. The van der Waals surface area contributed by atoms with Crippen LogP contribution < -0.4 is 10.1 Å². The van der Waals surface area contributed by atoms with E-state index in [-0.39, 0.29) is 6.04 Å². The average Bonchev–Trinajstić information content (AvgIpc) is 2.88. The van der Waals surface area contributed by atoms with Crippen LogP contribution in [-0.4, -0.2) is 16.9 Å². The summed E-state index contributed by atoms with van der Waals surface area (Å²) in [5.74, 6) is 0.858. The number of aryl methyl sites for hydroxylation is 1. The van der Waals surface area contributed by atoms with Crippen molar-refractivity contribution in [3.05, 3.63) is 42.2 Å². The Morgan fingerprint density at radius 3 is 2.94 bits per heavy atom. The minimum absolute atomic E-state index is 0.220. The summed E-state index contributed by atoms with van der Waals surface area (Å²) < 4.78 is 7.14. The van der Waals surface area contributed by atoms with Gasteiger partial charge in [-0.05, 0) is 26.0 Å². The van der Waals surface area contributed by atoms with Crippen LogP contribution >= 0.6 is 0 Å². The largest absolute Gasteiger partial charge is 0.497 e. The predicted molar refractivity (Wildman–Crippen MR) is 72.9 cm³/mol. The number of ether oxygens (including phenoxy) is 1. The Kier molecular flexibility index (Phi) is 3.87. The first-order chi connectivity index (χ1) is 8.72. The lowest BCUT2D eigenvalue weighted by atomic mass is 10.2. The van der Waals surface area contributed by atoms with Crippen LogP contribution in [0.2, 0.25) is 0 Å². The summed E-state index contributed by atoms with van der Waals surface area (Å²) >= 11 is 0. The zero-order valence-electron chi connectivity index (χ0n) is 11.1. The van der Waals surface area contributed by atoms with E-state index in [2.05, 4.69) is 30.5 Å². The van der Waals surface area contributed by atoms with Gasteiger partial charge in [-0.25, -0.2) is 0 Å². The highest BCUT2D eigenvalue weighted by atomic mass is 16.5. The molecule has 1 aromatic heterocycles. The standard InChI is InChI=1S/C14H19N3O/c1-4-17-10-12(9-15-17)11(2)16-13-6-5-7-14(8-13)18-3/h5-11,16H,4H2,1-3H3. The van der Waals surface area contributed by atoms with Crippen LogP contribution in [0.25, 0.3) is 0 Å². The molecule has 18 heavy (non-hydrogen) atoms. The second-order valence-corrected chi connectivity index (χ2v) is 4.23. The second-order valence-electron chi connectivity index (χ2n) is 4.23. The van der Waals surface area contributed by atoms with E-state index in [0.29, 0.717) is 0 Å². The van der Waals surface area contributed by atoms with E-state index >= 15 is 0 Å². The van der Waals surface area contributed by atoms with Gasteiger partial charge in [0.2, 0.25) is 0 Å². The Morgan fingerprint density at radius 1 is 1.44 bits per heavy atom. The van der Waals surface area contributed by atoms with E-state index in [1.165, 1.54) is 5.56 Å². The maximum absolute atomic E-state index is 5.21. The number of anilines is 1. The first-order valence-electron chi connectivity index (χ1n) is 6.16. The summed E-state index contributed by atoms with van der Waals surface area (Å²) in [6.45, 7) is 5.10. The molecule has 1 atom stereocenters. The molecule has 4 heteroatoms. The highest BCUT2D eigenvalue weighted by Gasteiger charge is 2.08. The van der Waals surface area contributed by atoms with Gasteiger partial charge in [0.1, 0.15) is 5.75 Å². The van der Waals surface area contributed by atoms with Crippen molar-refractivity contribution in [2.45, 2.75) is 26.4 Å². The van der Waals surface area contributed by atoms with Crippen molar-refractivity contribution in [2.24, 2.45) is 0 Å². The van der Waals surface area contributed by atoms with Crippen LogP contribution in [0.3, 0.4) is 0 Å². The fourth-order valence-electron chi connectivity index (χ4n) is 1.82. The van der Waals surface area contributed by atoms with Gasteiger partial charge in [0.15, 0.2) is 0 Å². The first-order valence-corrected chi connectivity index (χ1v) is 6.16. The van der Waals surface area contributed by atoms with Crippen molar-refractivity contribution in [3.8, 4) is 5.75 Å². The van der Waals surface area contributed by atoms with Gasteiger partial charge in [0.05, 0.1) is 19.3 Å². The van der Waals surface area contributed by atoms with E-state index in [9.17, 15) is 0 Å². The van der Waals surface area contributed by atoms with E-state index in [4.69, 9.17) is 4.74 Å². The molecule has 1 unspecified atom stereocenters. The van der Waals surface area contributed by atoms with Crippen LogP contribution in [0.5, 0.6) is 5.75 Å². The number of aromatic nitrogens is 2. The van der Waals surface area contributed by atoms with Gasteiger partial charge >= 0.3 is 0 Å². The molecule has 0 amide bonds. The topological polar surface area (TPSA) is 39.1 Å². The van der Waals surface area contributed by atoms with Gasteiger partial charge in [0.25, 0.3) is 0 Å². The van der Waals surface area contributed by atoms with E-state index in [1.807, 2.05) is 35.1 Å². The van der Waals surface area contributed by atoms with Crippen LogP contribution in [-0.2, 0) is 6.54 Å². The van der Waals surface area contributed by atoms with Crippen molar-refractivity contribution in [2.75, 3.05) is 12.4 Å². The monoisotopic (exact) mass is 245 g/mol. The molecule has 2 rings (SSSR count). The Morgan fingerprint density at radius 2 is 2.28 bits per heavy atom. The van der Waals surface area contributed by atoms with Gasteiger partial charge in [-0.15, -0.1) is 0 Å². The molecule has 0 aliphatic rings. The first kappa shape index (κ1) is 12.5. The Bertz CT molecular complexity index is 507. The van der Waals surface area contributed by atoms with E-state index in [1.54, 1.807) is 7.11 Å². The molecule has 1 N–H and O–H groups in total. The number of nitrogens with one attached hydrogen (secondary N) is 1. The zero-order chi connectivity index (χ0) is 13.0. The highest BCUT2D eigenvalue weighted by molar-refractivity contribution is 5.49. The normalized spacial score (nSPS) is 12.2. The number of methoxy groups -OCH3 is 1. The minimum Gasteiger partial charge on any atom is -0.497 e. The Labute approximate surface area is 108 Å². The van der Waals surface area contributed by atoms with Crippen molar-refractivity contribution >= 4 is 5.69 Å². The molecule has 0 aliphatic heterocycles. The lowest BCUT2D eigenvalue weighted by molar-refractivity contribution is 0.415. The maximum Gasteiger partial charge on any atom is 0.120 e. The minimum atomic E-state index is 0.220. The molecular formula is C14H19N3O. The van der Waals surface area contributed by atoms with Crippen molar-refractivity contribution in [1.29, 1.82) is 0 Å². The second kappa shape index (κ2) is 5.58. The zero-order valence-corrected chi connectivity index (χ0v) is 11.1. The van der Waals surface area contributed by atoms with Crippen molar-refractivity contribution in [1.82, 2.24) is 9.78 Å². The fourth-order valence-corrected chi connectivity index (χ4v) is 1.82. The van der Waals surface area contributed by atoms with Gasteiger partial charge in [-0.2, -0.15) is 5.10 Å². The van der Waals surface area contributed by atoms with Crippen LogP contribution in [0, 0.1) is 0 Å². The summed E-state index contributed by atoms with van der Waals surface area (Å²) in [6, 6.07) is 8.15. The molecule has 0 fully saturated rings. The summed E-state index contributed by atoms with van der Waals surface area (Å²) in [6.07, 6.45) is 3.97. The summed E-state index contributed by atoms with van der Waals surface area (Å²) in [5.41, 5.74) is 2.23. The highest BCUT2D eigenvalue weighted by Crippen LogP contribution is 2.22. The molecule has 0 radical (unpaired) electrons. The number of rotatable bonds is 5. The molecule has 96 valence electrons. The molecular weight excluding hydrogens is 226 g/mol. The molecule has 2 aromatic rings. The molecule has 0 bridgehead atoms. The third-order valence-electron chi connectivity index (χ3n) is 2.93. The van der Waals surface area contributed by atoms with Crippen LogP contribution in [0.1, 0.15) is 25.5 Å². The smallest absolute Gasteiger partial charge is 0.120 e. The molecule has 1 heterocycles. The Hall–Kier alpha value is -1.97. The van der Waals surface area contributed by atoms with Gasteiger partial charge in [-0.3, -0.25) is 4.68 Å². The molecule has 0 aliphatic carbocycles. The average molecular weight is 245 g/mol. The quantitative estimate of drug-likeness (QED) is 0.879. The van der Waals surface area contributed by atoms with Gasteiger partial charge in [0, 0.05) is 30.1 Å². The fraction of sp³-hybridized carbons (Fsp3) is 0.357. The lowest BCUT2D eigenvalue weighted by Gasteiger charge is -2.14. The summed E-state index contributed by atoms with van der Waals surface area (Å²) in [4.78, 5) is 0. The number of nitrogens with zero attached hydrogens (tertiary/aromatic N) is 2. The third-order valence-corrected chi connectivity index (χ3v) is 2.93. The molecule has 0 saturated heterocycles. The lowest BCUT2D eigenvalue weighted by Crippen LogP contribution is -2.05. The Balaban J connectivity index is 2.08. The molecule has 0 saturated carbocycles. The number of hydrogen-bond acceptors (Lipinski definition) is 3. The molecule has 1 aromatic carbocycles. The summed E-state index contributed by atoms with van der Waals surface area (Å²) in [7, 11) is 1.67. The SMILES string of the molecule is CCn1cc(C(C)Nc2cccc(OC)c2)cn1. The van der Waals surface area contributed by atoms with Crippen LogP contribution in [0.15, 0.2) is 36.7 Å². The predicted octanol–water partition coefficient (Wildman–Crippen LogP) is 3.08. The van der Waals surface area contributed by atoms with Crippen LogP contribution in [0.4, 0.5) is 5.69 Å². The molecule has 4 nitrogen and oxygen atoms in total. The number of benzene rings is 1. The van der Waals surface area contributed by atoms with Crippen molar-refractivity contribution in [3.63, 3.8) is 0 Å². The van der Waals surface area contributed by atoms with E-state index < -0.39 is 0 Å². The molecule has 0 spiro atoms. The van der Waals surface area contributed by atoms with E-state index in [0.717, 1.165) is 18.0 Å². The third kappa shape index (κ3) is 2.83.